The fourth-order valence-electron chi connectivity index (χ4n) is 3.68. The number of rotatable bonds is 4. The van der Waals surface area contributed by atoms with E-state index < -0.39 is 0 Å². The molecule has 0 unspecified atom stereocenters. The Labute approximate surface area is 146 Å². The number of aromatic nitrogens is 4. The highest BCUT2D eigenvalue weighted by atomic mass is 16.2. The van der Waals surface area contributed by atoms with Crippen molar-refractivity contribution in [3.8, 4) is 0 Å². The third-order valence-corrected chi connectivity index (χ3v) is 5.01. The Bertz CT molecular complexity index is 873. The lowest BCUT2D eigenvalue weighted by molar-refractivity contribution is -0.122. The molecule has 1 aliphatic carbocycles. The molecular formula is C19H23N5O. The Kier molecular flexibility index (Phi) is 4.26. The summed E-state index contributed by atoms with van der Waals surface area (Å²) in [4.78, 5) is 16.7. The molecule has 0 radical (unpaired) electrons. The fourth-order valence-corrected chi connectivity index (χ4v) is 3.68. The third kappa shape index (κ3) is 3.43. The highest BCUT2D eigenvalue weighted by Gasteiger charge is 2.24. The van der Waals surface area contributed by atoms with Gasteiger partial charge in [-0.15, -0.1) is 0 Å². The van der Waals surface area contributed by atoms with E-state index in [-0.39, 0.29) is 11.9 Å². The van der Waals surface area contributed by atoms with Crippen LogP contribution in [0.4, 0.5) is 0 Å². The van der Waals surface area contributed by atoms with E-state index in [1.54, 1.807) is 6.33 Å². The molecule has 1 aromatic carbocycles. The van der Waals surface area contributed by atoms with Crippen molar-refractivity contribution in [3.05, 3.63) is 48.5 Å². The normalized spacial score (nSPS) is 20.7. The second-order valence-electron chi connectivity index (χ2n) is 6.93. The van der Waals surface area contributed by atoms with Gasteiger partial charge in [0.15, 0.2) is 0 Å². The number of hydrogen-bond donors (Lipinski definition) is 1. The van der Waals surface area contributed by atoms with E-state index in [4.69, 9.17) is 0 Å². The summed E-state index contributed by atoms with van der Waals surface area (Å²) in [6, 6.07) is 8.60. The third-order valence-electron chi connectivity index (χ3n) is 5.01. The molecule has 0 spiro atoms. The molecule has 2 aromatic heterocycles. The van der Waals surface area contributed by atoms with Crippen molar-refractivity contribution in [3.63, 3.8) is 0 Å². The lowest BCUT2D eigenvalue weighted by Gasteiger charge is -2.29. The average Bonchev–Trinajstić information content (AvgIpc) is 3.22. The standard InChI is InChI=1S/C19H23N5O/c1-14-10-21-24(11-14)16-8-6-15(7-9-16)22-19(25)12-23-13-20-17-4-2-3-5-18(17)23/h2-5,10-11,13,15-16H,6-9,12H2,1H3,(H,22,25). The van der Waals surface area contributed by atoms with E-state index in [0.29, 0.717) is 12.6 Å². The molecule has 130 valence electrons. The van der Waals surface area contributed by atoms with Gasteiger partial charge in [-0.25, -0.2) is 4.98 Å². The quantitative estimate of drug-likeness (QED) is 0.796. The summed E-state index contributed by atoms with van der Waals surface area (Å²) in [5.74, 6) is 0.0570. The predicted molar refractivity (Wildman–Crippen MR) is 96.1 cm³/mol. The molecule has 0 bridgehead atoms. The Morgan fingerprint density at radius 3 is 2.80 bits per heavy atom. The van der Waals surface area contributed by atoms with Gasteiger partial charge >= 0.3 is 0 Å². The van der Waals surface area contributed by atoms with Crippen LogP contribution in [-0.2, 0) is 11.3 Å². The largest absolute Gasteiger partial charge is 0.352 e. The average molecular weight is 337 g/mol. The smallest absolute Gasteiger partial charge is 0.240 e. The molecule has 1 N–H and O–H groups in total. The van der Waals surface area contributed by atoms with Gasteiger partial charge in [-0.1, -0.05) is 12.1 Å². The second kappa shape index (κ2) is 6.70. The zero-order valence-corrected chi connectivity index (χ0v) is 14.4. The number of imidazole rings is 1. The number of carbonyl (C=O) groups is 1. The van der Waals surface area contributed by atoms with Crippen LogP contribution in [0.1, 0.15) is 37.3 Å². The van der Waals surface area contributed by atoms with Gasteiger partial charge in [-0.2, -0.15) is 5.10 Å². The monoisotopic (exact) mass is 337 g/mol. The lowest BCUT2D eigenvalue weighted by atomic mass is 9.91. The number of hydrogen-bond acceptors (Lipinski definition) is 3. The molecule has 25 heavy (non-hydrogen) atoms. The molecule has 4 rings (SSSR count). The van der Waals surface area contributed by atoms with Crippen LogP contribution in [0.3, 0.4) is 0 Å². The van der Waals surface area contributed by atoms with Crippen LogP contribution < -0.4 is 5.32 Å². The van der Waals surface area contributed by atoms with Gasteiger partial charge in [0, 0.05) is 12.2 Å². The van der Waals surface area contributed by atoms with Crippen molar-refractivity contribution in [2.45, 2.75) is 51.2 Å². The highest BCUT2D eigenvalue weighted by molar-refractivity contribution is 5.80. The van der Waals surface area contributed by atoms with Crippen molar-refractivity contribution in [2.75, 3.05) is 0 Å². The summed E-state index contributed by atoms with van der Waals surface area (Å²) in [5, 5.41) is 7.61. The summed E-state index contributed by atoms with van der Waals surface area (Å²) in [5.41, 5.74) is 3.11. The van der Waals surface area contributed by atoms with Crippen LogP contribution >= 0.6 is 0 Å². The minimum absolute atomic E-state index is 0.0570. The number of aryl methyl sites for hydroxylation is 1. The van der Waals surface area contributed by atoms with Gasteiger partial charge in [0.1, 0.15) is 6.54 Å². The molecule has 1 amide bonds. The zero-order chi connectivity index (χ0) is 17.2. The summed E-state index contributed by atoms with van der Waals surface area (Å²) < 4.78 is 3.98. The van der Waals surface area contributed by atoms with Gasteiger partial charge in [0.2, 0.25) is 5.91 Å². The molecular weight excluding hydrogens is 314 g/mol. The first-order valence-corrected chi connectivity index (χ1v) is 8.89. The van der Waals surface area contributed by atoms with Crippen molar-refractivity contribution < 1.29 is 4.79 Å². The van der Waals surface area contributed by atoms with Gasteiger partial charge in [0.05, 0.1) is 29.6 Å². The van der Waals surface area contributed by atoms with Gasteiger partial charge in [0.25, 0.3) is 0 Å². The molecule has 6 nitrogen and oxygen atoms in total. The molecule has 0 atom stereocenters. The Morgan fingerprint density at radius 1 is 1.24 bits per heavy atom. The van der Waals surface area contributed by atoms with E-state index >= 15 is 0 Å². The van der Waals surface area contributed by atoms with Gasteiger partial charge in [-0.05, 0) is 50.3 Å². The summed E-state index contributed by atoms with van der Waals surface area (Å²) in [6.07, 6.45) is 9.86. The second-order valence-corrected chi connectivity index (χ2v) is 6.93. The molecule has 0 saturated heterocycles. The van der Waals surface area contributed by atoms with Crippen molar-refractivity contribution in [1.82, 2.24) is 24.6 Å². The Hall–Kier alpha value is -2.63. The number of nitrogens with one attached hydrogen (secondary N) is 1. The van der Waals surface area contributed by atoms with E-state index in [9.17, 15) is 4.79 Å². The lowest BCUT2D eigenvalue weighted by Crippen LogP contribution is -2.39. The molecule has 1 saturated carbocycles. The van der Waals surface area contributed by atoms with Crippen LogP contribution in [0.2, 0.25) is 0 Å². The topological polar surface area (TPSA) is 64.7 Å². The van der Waals surface area contributed by atoms with Crippen LogP contribution in [0.25, 0.3) is 11.0 Å². The van der Waals surface area contributed by atoms with Crippen LogP contribution in [0, 0.1) is 6.92 Å². The van der Waals surface area contributed by atoms with Crippen LogP contribution in [-0.4, -0.2) is 31.3 Å². The zero-order valence-electron chi connectivity index (χ0n) is 14.4. The number of nitrogens with zero attached hydrogens (tertiary/aromatic N) is 4. The van der Waals surface area contributed by atoms with Crippen LogP contribution in [0.15, 0.2) is 43.0 Å². The minimum atomic E-state index is 0.0570. The SMILES string of the molecule is Cc1cnn(C2CCC(NC(=O)Cn3cnc4ccccc43)CC2)c1. The van der Waals surface area contributed by atoms with Gasteiger partial charge in [-0.3, -0.25) is 9.48 Å². The maximum absolute atomic E-state index is 12.4. The highest BCUT2D eigenvalue weighted by Crippen LogP contribution is 2.28. The van der Waals surface area contributed by atoms with E-state index in [1.165, 1.54) is 5.56 Å². The van der Waals surface area contributed by atoms with E-state index in [0.717, 1.165) is 36.7 Å². The fraction of sp³-hybridized carbons (Fsp3) is 0.421. The first-order valence-electron chi connectivity index (χ1n) is 8.89. The first kappa shape index (κ1) is 15.9. The molecule has 2 heterocycles. The Morgan fingerprint density at radius 2 is 2.04 bits per heavy atom. The molecule has 1 aliphatic rings. The molecule has 3 aromatic rings. The number of benzene rings is 1. The predicted octanol–water partition coefficient (Wildman–Crippen LogP) is 2.84. The number of para-hydroxylation sites is 2. The summed E-state index contributed by atoms with van der Waals surface area (Å²) >= 11 is 0. The number of carbonyl (C=O) groups excluding carboxylic acids is 1. The maximum Gasteiger partial charge on any atom is 0.240 e. The first-order chi connectivity index (χ1) is 12.2. The van der Waals surface area contributed by atoms with Crippen molar-refractivity contribution in [2.24, 2.45) is 0 Å². The summed E-state index contributed by atoms with van der Waals surface area (Å²) in [6.45, 7) is 2.38. The number of amides is 1. The van der Waals surface area contributed by atoms with E-state index in [1.807, 2.05) is 35.0 Å². The summed E-state index contributed by atoms with van der Waals surface area (Å²) in [7, 11) is 0. The van der Waals surface area contributed by atoms with Crippen molar-refractivity contribution in [1.29, 1.82) is 0 Å². The van der Waals surface area contributed by atoms with E-state index in [2.05, 4.69) is 33.2 Å². The van der Waals surface area contributed by atoms with Gasteiger partial charge < -0.3 is 9.88 Å². The van der Waals surface area contributed by atoms with Crippen molar-refractivity contribution >= 4 is 16.9 Å². The Balaban J connectivity index is 1.32. The van der Waals surface area contributed by atoms with Crippen LogP contribution in [0.5, 0.6) is 0 Å². The molecule has 0 aliphatic heterocycles. The molecule has 1 fully saturated rings. The maximum atomic E-state index is 12.4. The minimum Gasteiger partial charge on any atom is -0.352 e. The number of fused-ring (bicyclic) bond motifs is 1. The molecule has 6 heteroatoms.